The number of hydrogen-bond acceptors (Lipinski definition) is 2. The lowest BCUT2D eigenvalue weighted by atomic mass is 10.1. The lowest BCUT2D eigenvalue weighted by molar-refractivity contribution is 0.415. The minimum Gasteiger partial charge on any atom is -0.497 e. The van der Waals surface area contributed by atoms with Crippen LogP contribution in [-0.4, -0.2) is 12.1 Å². The van der Waals surface area contributed by atoms with E-state index in [1.54, 1.807) is 13.3 Å². The van der Waals surface area contributed by atoms with E-state index >= 15 is 0 Å². The summed E-state index contributed by atoms with van der Waals surface area (Å²) in [7, 11) is 1.66. The average molecular weight is 185 g/mol. The summed E-state index contributed by atoms with van der Waals surface area (Å²) in [6.07, 6.45) is 1.79. The molecule has 0 unspecified atom stereocenters. The third-order valence-corrected chi connectivity index (χ3v) is 2.03. The average Bonchev–Trinajstić information content (AvgIpc) is 2.30. The van der Waals surface area contributed by atoms with Crippen LogP contribution < -0.4 is 4.74 Å². The quantitative estimate of drug-likeness (QED) is 0.717. The van der Waals surface area contributed by atoms with Crippen molar-refractivity contribution in [2.75, 3.05) is 7.11 Å². The van der Waals surface area contributed by atoms with E-state index in [1.165, 1.54) is 0 Å². The highest BCUT2D eigenvalue weighted by atomic mass is 16.5. The number of hydrogen-bond donors (Lipinski definition) is 0. The van der Waals surface area contributed by atoms with Gasteiger partial charge in [-0.3, -0.25) is 4.98 Å². The van der Waals surface area contributed by atoms with Crippen LogP contribution in [0.1, 0.15) is 0 Å². The van der Waals surface area contributed by atoms with E-state index in [4.69, 9.17) is 4.74 Å². The van der Waals surface area contributed by atoms with Crippen LogP contribution in [-0.2, 0) is 0 Å². The Morgan fingerprint density at radius 1 is 1.07 bits per heavy atom. The number of benzene rings is 1. The Labute approximate surface area is 83.2 Å². The molecule has 0 bridgehead atoms. The predicted octanol–water partition coefficient (Wildman–Crippen LogP) is 2.76. The number of rotatable bonds is 2. The van der Waals surface area contributed by atoms with Gasteiger partial charge in [-0.05, 0) is 24.3 Å². The second kappa shape index (κ2) is 3.92. The van der Waals surface area contributed by atoms with E-state index in [0.717, 1.165) is 17.0 Å². The van der Waals surface area contributed by atoms with Crippen molar-refractivity contribution in [1.29, 1.82) is 0 Å². The molecular weight excluding hydrogens is 174 g/mol. The molecule has 2 nitrogen and oxygen atoms in total. The molecule has 0 aliphatic heterocycles. The van der Waals surface area contributed by atoms with Gasteiger partial charge in [0.15, 0.2) is 0 Å². The Morgan fingerprint density at radius 3 is 2.71 bits per heavy atom. The third kappa shape index (κ3) is 1.74. The van der Waals surface area contributed by atoms with Crippen LogP contribution >= 0.6 is 0 Å². The molecule has 2 aromatic rings. The zero-order chi connectivity index (χ0) is 9.80. The number of aromatic nitrogens is 1. The van der Waals surface area contributed by atoms with Crippen LogP contribution in [0.3, 0.4) is 0 Å². The molecule has 0 fully saturated rings. The van der Waals surface area contributed by atoms with Gasteiger partial charge < -0.3 is 4.74 Å². The van der Waals surface area contributed by atoms with Crippen molar-refractivity contribution in [3.8, 4) is 17.0 Å². The minimum atomic E-state index is 0.855. The Balaban J connectivity index is 2.42. The first-order valence-corrected chi connectivity index (χ1v) is 4.45. The molecule has 0 saturated heterocycles. The lowest BCUT2D eigenvalue weighted by Gasteiger charge is -2.03. The zero-order valence-corrected chi connectivity index (χ0v) is 7.97. The maximum Gasteiger partial charge on any atom is 0.119 e. The predicted molar refractivity (Wildman–Crippen MR) is 56.2 cm³/mol. The van der Waals surface area contributed by atoms with E-state index in [2.05, 4.69) is 4.98 Å². The molecule has 0 N–H and O–H groups in total. The van der Waals surface area contributed by atoms with E-state index in [9.17, 15) is 0 Å². The van der Waals surface area contributed by atoms with Crippen molar-refractivity contribution in [3.05, 3.63) is 48.7 Å². The SMILES string of the molecule is COc1cccc(-c2ccccn2)c1. The highest BCUT2D eigenvalue weighted by molar-refractivity contribution is 5.60. The van der Waals surface area contributed by atoms with Crippen molar-refractivity contribution < 1.29 is 4.74 Å². The van der Waals surface area contributed by atoms with Crippen LogP contribution in [0.25, 0.3) is 11.3 Å². The summed E-state index contributed by atoms with van der Waals surface area (Å²) in [5.41, 5.74) is 2.04. The number of pyridine rings is 1. The first-order chi connectivity index (χ1) is 6.90. The van der Waals surface area contributed by atoms with Gasteiger partial charge in [-0.1, -0.05) is 18.2 Å². The molecule has 0 aliphatic carbocycles. The molecule has 1 heterocycles. The molecular formula is C12H11NO. The van der Waals surface area contributed by atoms with E-state index in [1.807, 2.05) is 42.5 Å². The van der Waals surface area contributed by atoms with Gasteiger partial charge in [-0.25, -0.2) is 0 Å². The summed E-state index contributed by atoms with van der Waals surface area (Å²) in [6, 6.07) is 13.7. The van der Waals surface area contributed by atoms with Crippen molar-refractivity contribution in [2.45, 2.75) is 0 Å². The molecule has 0 spiro atoms. The van der Waals surface area contributed by atoms with Crippen molar-refractivity contribution in [2.24, 2.45) is 0 Å². The van der Waals surface area contributed by atoms with Crippen LogP contribution in [0.15, 0.2) is 48.7 Å². The van der Waals surface area contributed by atoms with Gasteiger partial charge in [0, 0.05) is 11.8 Å². The molecule has 2 rings (SSSR count). The van der Waals surface area contributed by atoms with E-state index < -0.39 is 0 Å². The summed E-state index contributed by atoms with van der Waals surface area (Å²) in [5.74, 6) is 0.855. The summed E-state index contributed by atoms with van der Waals surface area (Å²) in [6.45, 7) is 0. The Morgan fingerprint density at radius 2 is 2.00 bits per heavy atom. The minimum absolute atomic E-state index is 0.855. The highest BCUT2D eigenvalue weighted by Gasteiger charge is 1.98. The summed E-state index contributed by atoms with van der Waals surface area (Å²) >= 11 is 0. The first kappa shape index (κ1) is 8.75. The molecule has 0 amide bonds. The first-order valence-electron chi connectivity index (χ1n) is 4.45. The van der Waals surface area contributed by atoms with Gasteiger partial charge in [0.1, 0.15) is 5.75 Å². The molecule has 2 heteroatoms. The monoisotopic (exact) mass is 185 g/mol. The zero-order valence-electron chi connectivity index (χ0n) is 7.97. The fourth-order valence-electron chi connectivity index (χ4n) is 1.32. The second-order valence-electron chi connectivity index (χ2n) is 2.95. The van der Waals surface area contributed by atoms with Gasteiger partial charge >= 0.3 is 0 Å². The third-order valence-electron chi connectivity index (χ3n) is 2.03. The highest BCUT2D eigenvalue weighted by Crippen LogP contribution is 2.21. The van der Waals surface area contributed by atoms with Crippen LogP contribution in [0.4, 0.5) is 0 Å². The number of ether oxygens (including phenoxy) is 1. The summed E-state index contributed by atoms with van der Waals surface area (Å²) in [5, 5.41) is 0. The van der Waals surface area contributed by atoms with Gasteiger partial charge in [0.2, 0.25) is 0 Å². The Bertz CT molecular complexity index is 412. The Hall–Kier alpha value is -1.83. The molecule has 70 valence electrons. The molecule has 0 atom stereocenters. The molecule has 1 aromatic carbocycles. The van der Waals surface area contributed by atoms with Crippen molar-refractivity contribution >= 4 is 0 Å². The second-order valence-corrected chi connectivity index (χ2v) is 2.95. The van der Waals surface area contributed by atoms with Crippen molar-refractivity contribution in [3.63, 3.8) is 0 Å². The summed E-state index contributed by atoms with van der Waals surface area (Å²) < 4.78 is 5.15. The fourth-order valence-corrected chi connectivity index (χ4v) is 1.32. The Kier molecular flexibility index (Phi) is 2.45. The number of nitrogens with zero attached hydrogens (tertiary/aromatic N) is 1. The normalized spacial score (nSPS) is 9.79. The molecule has 0 saturated carbocycles. The van der Waals surface area contributed by atoms with Crippen LogP contribution in [0.2, 0.25) is 0 Å². The summed E-state index contributed by atoms with van der Waals surface area (Å²) in [4.78, 5) is 4.27. The van der Waals surface area contributed by atoms with Gasteiger partial charge in [0.25, 0.3) is 0 Å². The molecule has 0 aliphatic rings. The smallest absolute Gasteiger partial charge is 0.119 e. The standard InChI is InChI=1S/C12H11NO/c1-14-11-6-4-5-10(9-11)12-7-2-3-8-13-12/h2-9H,1H3. The largest absolute Gasteiger partial charge is 0.497 e. The van der Waals surface area contributed by atoms with E-state index in [-0.39, 0.29) is 0 Å². The van der Waals surface area contributed by atoms with Crippen molar-refractivity contribution in [1.82, 2.24) is 4.98 Å². The topological polar surface area (TPSA) is 22.1 Å². The molecule has 1 aromatic heterocycles. The van der Waals surface area contributed by atoms with E-state index in [0.29, 0.717) is 0 Å². The maximum absolute atomic E-state index is 5.15. The maximum atomic E-state index is 5.15. The van der Waals surface area contributed by atoms with Crippen LogP contribution in [0, 0.1) is 0 Å². The van der Waals surface area contributed by atoms with Gasteiger partial charge in [-0.15, -0.1) is 0 Å². The number of methoxy groups -OCH3 is 1. The van der Waals surface area contributed by atoms with Crippen LogP contribution in [0.5, 0.6) is 5.75 Å². The van der Waals surface area contributed by atoms with Gasteiger partial charge in [0.05, 0.1) is 12.8 Å². The molecule has 14 heavy (non-hydrogen) atoms. The lowest BCUT2D eigenvalue weighted by Crippen LogP contribution is -1.85. The molecule has 0 radical (unpaired) electrons. The fraction of sp³-hybridized carbons (Fsp3) is 0.0833. The van der Waals surface area contributed by atoms with Gasteiger partial charge in [-0.2, -0.15) is 0 Å².